The molecule has 5 rings (SSSR count). The molecule has 3 aromatic rings. The molecule has 0 amide bonds. The third-order valence-electron chi connectivity index (χ3n) is 4.68. The number of halogens is 2. The lowest BCUT2D eigenvalue weighted by molar-refractivity contribution is 0.170. The molecule has 2 aliphatic rings. The molecule has 0 bridgehead atoms. The minimum Gasteiger partial charge on any atom is -0.486 e. The van der Waals surface area contributed by atoms with Gasteiger partial charge < -0.3 is 14.2 Å². The molecule has 0 fully saturated rings. The van der Waals surface area contributed by atoms with Gasteiger partial charge in [0, 0.05) is 31.3 Å². The zero-order valence-corrected chi connectivity index (χ0v) is 17.6. The zero-order chi connectivity index (χ0) is 19.1. The minimum absolute atomic E-state index is 0.384. The summed E-state index contributed by atoms with van der Waals surface area (Å²) < 4.78 is 19.0. The quantitative estimate of drug-likeness (QED) is 0.408. The first-order chi connectivity index (χ1) is 13.7. The van der Waals surface area contributed by atoms with E-state index in [9.17, 15) is 0 Å². The Morgan fingerprint density at radius 2 is 1.68 bits per heavy atom. The molecule has 3 aromatic carbocycles. The Hall–Kier alpha value is -2.25. The van der Waals surface area contributed by atoms with Crippen LogP contribution in [0.15, 0.2) is 65.7 Å². The molecule has 140 valence electrons. The van der Waals surface area contributed by atoms with E-state index < -0.39 is 0 Å². The van der Waals surface area contributed by atoms with Crippen LogP contribution in [0.25, 0.3) is 0 Å². The first-order valence-electron chi connectivity index (χ1n) is 8.88. The highest BCUT2D eigenvalue weighted by molar-refractivity contribution is 14.1. The molecule has 0 spiro atoms. The molecular formula is C22H15ClINO3. The highest BCUT2D eigenvalue weighted by Gasteiger charge is 2.30. The third kappa shape index (κ3) is 3.22. The summed E-state index contributed by atoms with van der Waals surface area (Å²) in [6.07, 6.45) is -0.384. The van der Waals surface area contributed by atoms with Crippen molar-refractivity contribution in [2.75, 3.05) is 13.2 Å². The molecule has 4 nitrogen and oxygen atoms in total. The van der Waals surface area contributed by atoms with Crippen molar-refractivity contribution in [3.8, 4) is 11.5 Å². The van der Waals surface area contributed by atoms with Gasteiger partial charge in [-0.05, 0) is 52.9 Å². The van der Waals surface area contributed by atoms with Crippen LogP contribution in [0.3, 0.4) is 0 Å². The van der Waals surface area contributed by atoms with E-state index in [1.165, 1.54) is 0 Å². The fraction of sp³-hybridized carbons (Fsp3) is 0.136. The largest absolute Gasteiger partial charge is 0.486 e. The van der Waals surface area contributed by atoms with Crippen LogP contribution in [0.2, 0.25) is 5.02 Å². The second kappa shape index (κ2) is 7.29. The van der Waals surface area contributed by atoms with E-state index in [-0.39, 0.29) is 6.10 Å². The highest BCUT2D eigenvalue weighted by atomic mass is 127. The molecule has 2 aliphatic heterocycles. The summed E-state index contributed by atoms with van der Waals surface area (Å²) in [5, 5.41) is 0.650. The molecule has 0 saturated carbocycles. The van der Waals surface area contributed by atoms with Crippen molar-refractivity contribution in [3.05, 3.63) is 85.9 Å². The van der Waals surface area contributed by atoms with E-state index in [4.69, 9.17) is 30.8 Å². The number of ether oxygens (including phenoxy) is 3. The van der Waals surface area contributed by atoms with Crippen LogP contribution in [0, 0.1) is 3.57 Å². The van der Waals surface area contributed by atoms with Crippen molar-refractivity contribution in [1.82, 2.24) is 0 Å². The summed E-state index contributed by atoms with van der Waals surface area (Å²) >= 11 is 8.79. The van der Waals surface area contributed by atoms with Crippen molar-refractivity contribution in [2.24, 2.45) is 4.99 Å². The number of rotatable bonds is 2. The molecule has 28 heavy (non-hydrogen) atoms. The predicted octanol–water partition coefficient (Wildman–Crippen LogP) is 5.91. The fourth-order valence-electron chi connectivity index (χ4n) is 3.38. The van der Waals surface area contributed by atoms with Crippen LogP contribution in [0.4, 0.5) is 5.69 Å². The van der Waals surface area contributed by atoms with E-state index in [2.05, 4.69) is 22.6 Å². The van der Waals surface area contributed by atoms with Gasteiger partial charge in [0.25, 0.3) is 0 Å². The lowest BCUT2D eigenvalue weighted by atomic mass is 9.97. The van der Waals surface area contributed by atoms with Gasteiger partial charge in [-0.2, -0.15) is 0 Å². The van der Waals surface area contributed by atoms with Gasteiger partial charge >= 0.3 is 0 Å². The number of benzene rings is 3. The van der Waals surface area contributed by atoms with Crippen LogP contribution in [-0.2, 0) is 4.74 Å². The number of hydrogen-bond donors (Lipinski definition) is 0. The lowest BCUT2D eigenvalue weighted by Gasteiger charge is -2.29. The van der Waals surface area contributed by atoms with E-state index in [0.717, 1.165) is 25.9 Å². The smallest absolute Gasteiger partial charge is 0.222 e. The Kier molecular flexibility index (Phi) is 4.64. The van der Waals surface area contributed by atoms with Gasteiger partial charge in [0.2, 0.25) is 5.90 Å². The van der Waals surface area contributed by atoms with Gasteiger partial charge in [0.15, 0.2) is 17.6 Å². The van der Waals surface area contributed by atoms with Crippen LogP contribution >= 0.6 is 34.2 Å². The summed E-state index contributed by atoms with van der Waals surface area (Å²) in [4.78, 5) is 4.78. The molecule has 1 unspecified atom stereocenters. The standard InChI is InChI=1S/C22H15ClINO3/c23-17-7-2-1-6-15(17)21-16-11-19-20(27-9-8-26-19)12-18(16)25-22(28-21)13-4-3-5-14(24)10-13/h1-7,10-12,21H,8-9H2. The van der Waals surface area contributed by atoms with Crippen molar-refractivity contribution >= 4 is 45.8 Å². The normalized spacial score (nSPS) is 17.4. The molecule has 0 saturated heterocycles. The van der Waals surface area contributed by atoms with Gasteiger partial charge in [0.05, 0.1) is 5.69 Å². The zero-order valence-electron chi connectivity index (χ0n) is 14.7. The van der Waals surface area contributed by atoms with Crippen molar-refractivity contribution in [3.63, 3.8) is 0 Å². The Morgan fingerprint density at radius 3 is 2.46 bits per heavy atom. The molecule has 0 radical (unpaired) electrons. The van der Waals surface area contributed by atoms with E-state index in [1.807, 2.05) is 60.7 Å². The second-order valence-electron chi connectivity index (χ2n) is 6.50. The summed E-state index contributed by atoms with van der Waals surface area (Å²) in [5.41, 5.74) is 3.52. The molecule has 0 N–H and O–H groups in total. The average Bonchev–Trinajstić information content (AvgIpc) is 2.72. The van der Waals surface area contributed by atoms with Crippen LogP contribution in [-0.4, -0.2) is 19.1 Å². The SMILES string of the molecule is Clc1ccccc1C1OC(c2cccc(I)c2)=Nc2cc3c(cc21)OCCO3. The lowest BCUT2D eigenvalue weighted by Crippen LogP contribution is -2.20. The van der Waals surface area contributed by atoms with Crippen molar-refractivity contribution in [1.29, 1.82) is 0 Å². The maximum Gasteiger partial charge on any atom is 0.222 e. The van der Waals surface area contributed by atoms with Crippen LogP contribution in [0.1, 0.15) is 22.8 Å². The van der Waals surface area contributed by atoms with Gasteiger partial charge in [-0.25, -0.2) is 4.99 Å². The summed E-state index contributed by atoms with van der Waals surface area (Å²) in [6, 6.07) is 19.7. The van der Waals surface area contributed by atoms with Crippen LogP contribution in [0.5, 0.6) is 11.5 Å². The Balaban J connectivity index is 1.69. The molecule has 0 aromatic heterocycles. The van der Waals surface area contributed by atoms with Gasteiger partial charge in [-0.3, -0.25) is 0 Å². The van der Waals surface area contributed by atoms with Crippen LogP contribution < -0.4 is 9.47 Å². The molecule has 1 atom stereocenters. The summed E-state index contributed by atoms with van der Waals surface area (Å²) in [5.74, 6) is 1.97. The fourth-order valence-corrected chi connectivity index (χ4v) is 4.16. The summed E-state index contributed by atoms with van der Waals surface area (Å²) in [7, 11) is 0. The van der Waals surface area contributed by atoms with Gasteiger partial charge in [-0.1, -0.05) is 35.9 Å². The Morgan fingerprint density at radius 1 is 0.893 bits per heavy atom. The van der Waals surface area contributed by atoms with Crippen molar-refractivity contribution < 1.29 is 14.2 Å². The first kappa shape index (κ1) is 17.8. The Labute approximate surface area is 181 Å². The number of fused-ring (bicyclic) bond motifs is 2. The van der Waals surface area contributed by atoms with Gasteiger partial charge in [0.1, 0.15) is 13.2 Å². The number of hydrogen-bond acceptors (Lipinski definition) is 4. The number of aliphatic imine (C=N–C) groups is 1. The van der Waals surface area contributed by atoms with Crippen molar-refractivity contribution in [2.45, 2.75) is 6.10 Å². The Bertz CT molecular complexity index is 1100. The minimum atomic E-state index is -0.384. The van der Waals surface area contributed by atoms with E-state index in [0.29, 0.717) is 35.6 Å². The maximum absolute atomic E-state index is 6.51. The predicted molar refractivity (Wildman–Crippen MR) is 117 cm³/mol. The monoisotopic (exact) mass is 503 g/mol. The second-order valence-corrected chi connectivity index (χ2v) is 8.15. The third-order valence-corrected chi connectivity index (χ3v) is 5.70. The highest BCUT2D eigenvalue weighted by Crippen LogP contribution is 2.46. The topological polar surface area (TPSA) is 40.0 Å². The molecule has 6 heteroatoms. The first-order valence-corrected chi connectivity index (χ1v) is 10.3. The van der Waals surface area contributed by atoms with E-state index >= 15 is 0 Å². The average molecular weight is 504 g/mol. The molecular weight excluding hydrogens is 489 g/mol. The molecule has 0 aliphatic carbocycles. The number of nitrogens with zero attached hydrogens (tertiary/aromatic N) is 1. The summed E-state index contributed by atoms with van der Waals surface area (Å²) in [6.45, 7) is 1.06. The maximum atomic E-state index is 6.51. The van der Waals surface area contributed by atoms with Gasteiger partial charge in [-0.15, -0.1) is 0 Å². The van der Waals surface area contributed by atoms with E-state index in [1.54, 1.807) is 0 Å². The molecule has 2 heterocycles.